The van der Waals surface area contributed by atoms with E-state index in [-0.39, 0.29) is 17.2 Å². The second kappa shape index (κ2) is 10.1. The molecule has 32 heavy (non-hydrogen) atoms. The summed E-state index contributed by atoms with van der Waals surface area (Å²) < 4.78 is 0. The molecule has 2 aromatic rings. The maximum atomic E-state index is 13.5. The van der Waals surface area contributed by atoms with Gasteiger partial charge < -0.3 is 10.2 Å². The zero-order valence-corrected chi connectivity index (χ0v) is 19.6. The van der Waals surface area contributed by atoms with Crippen molar-refractivity contribution in [1.82, 2.24) is 15.2 Å². The molecule has 5 nitrogen and oxygen atoms in total. The van der Waals surface area contributed by atoms with Crippen LogP contribution in [-0.2, 0) is 16.0 Å². The number of carbonyl (C=O) groups is 2. The van der Waals surface area contributed by atoms with Crippen LogP contribution >= 0.6 is 0 Å². The molecule has 0 bridgehead atoms. The van der Waals surface area contributed by atoms with E-state index in [9.17, 15) is 9.59 Å². The number of aromatic nitrogens is 1. The first-order valence-electron chi connectivity index (χ1n) is 11.4. The molecule has 1 aliphatic rings. The number of carbonyl (C=O) groups excluding carboxylic acids is 2. The monoisotopic (exact) mass is 433 g/mol. The van der Waals surface area contributed by atoms with E-state index in [1.165, 1.54) is 0 Å². The standard InChI is InChI=1S/C27H35N3O2/c1-5-14-29-25(32)27(13-9-16-30(20-27)24(31)18-26(2,3)4)17-21-10-6-7-12-23(21)22-11-8-15-28-19-22/h5-8,10-12,15,19H,1,9,13-14,16-18,20H2,2-4H3,(H,29,32)/t27-/m0/s1. The molecule has 1 aromatic heterocycles. The average molecular weight is 434 g/mol. The molecule has 1 atom stereocenters. The van der Waals surface area contributed by atoms with Crippen LogP contribution in [0.15, 0.2) is 61.4 Å². The van der Waals surface area contributed by atoms with Crippen LogP contribution in [0.4, 0.5) is 0 Å². The van der Waals surface area contributed by atoms with Gasteiger partial charge >= 0.3 is 0 Å². The highest BCUT2D eigenvalue weighted by atomic mass is 16.2. The van der Waals surface area contributed by atoms with E-state index in [0.717, 1.165) is 29.5 Å². The van der Waals surface area contributed by atoms with Crippen molar-refractivity contribution >= 4 is 11.8 Å². The molecule has 0 aliphatic carbocycles. The van der Waals surface area contributed by atoms with Gasteiger partial charge in [0, 0.05) is 44.0 Å². The summed E-state index contributed by atoms with van der Waals surface area (Å²) in [5.41, 5.74) is 2.44. The van der Waals surface area contributed by atoms with Gasteiger partial charge in [0.25, 0.3) is 0 Å². The molecule has 170 valence electrons. The first kappa shape index (κ1) is 23.7. The fourth-order valence-electron chi connectivity index (χ4n) is 4.52. The van der Waals surface area contributed by atoms with Crippen LogP contribution in [0.5, 0.6) is 0 Å². The van der Waals surface area contributed by atoms with E-state index >= 15 is 0 Å². The van der Waals surface area contributed by atoms with Crippen LogP contribution in [0, 0.1) is 10.8 Å². The lowest BCUT2D eigenvalue weighted by atomic mass is 9.73. The molecule has 2 heterocycles. The van der Waals surface area contributed by atoms with Crippen LogP contribution < -0.4 is 5.32 Å². The fourth-order valence-corrected chi connectivity index (χ4v) is 4.52. The van der Waals surface area contributed by atoms with Gasteiger partial charge in [0.1, 0.15) is 0 Å². The molecule has 1 aliphatic heterocycles. The lowest BCUT2D eigenvalue weighted by Crippen LogP contribution is -2.54. The van der Waals surface area contributed by atoms with Crippen molar-refractivity contribution in [2.24, 2.45) is 10.8 Å². The van der Waals surface area contributed by atoms with Crippen molar-refractivity contribution in [1.29, 1.82) is 0 Å². The molecule has 0 spiro atoms. The molecule has 0 radical (unpaired) electrons. The van der Waals surface area contributed by atoms with Gasteiger partial charge in [0.15, 0.2) is 0 Å². The van der Waals surface area contributed by atoms with Crippen molar-refractivity contribution < 1.29 is 9.59 Å². The first-order valence-corrected chi connectivity index (χ1v) is 11.4. The third kappa shape index (κ3) is 5.84. The van der Waals surface area contributed by atoms with Crippen LogP contribution in [0.25, 0.3) is 11.1 Å². The second-order valence-electron chi connectivity index (χ2n) is 10.0. The van der Waals surface area contributed by atoms with E-state index in [1.807, 2.05) is 35.4 Å². The Bertz CT molecular complexity index is 949. The highest BCUT2D eigenvalue weighted by molar-refractivity contribution is 5.85. The lowest BCUT2D eigenvalue weighted by molar-refractivity contribution is -0.142. The van der Waals surface area contributed by atoms with Gasteiger partial charge in [0.2, 0.25) is 11.8 Å². The number of pyridine rings is 1. The molecule has 1 fully saturated rings. The quantitative estimate of drug-likeness (QED) is 0.647. The lowest BCUT2D eigenvalue weighted by Gasteiger charge is -2.42. The van der Waals surface area contributed by atoms with Crippen LogP contribution in [0.2, 0.25) is 0 Å². The third-order valence-corrected chi connectivity index (χ3v) is 6.02. The summed E-state index contributed by atoms with van der Waals surface area (Å²) in [6.07, 6.45) is 7.91. The molecular formula is C27H35N3O2. The van der Waals surface area contributed by atoms with Crippen LogP contribution in [0.3, 0.4) is 0 Å². The summed E-state index contributed by atoms with van der Waals surface area (Å²) >= 11 is 0. The Hall–Kier alpha value is -2.95. The minimum Gasteiger partial charge on any atom is -0.352 e. The summed E-state index contributed by atoms with van der Waals surface area (Å²) in [6, 6.07) is 12.1. The van der Waals surface area contributed by atoms with Crippen molar-refractivity contribution in [2.45, 2.75) is 46.5 Å². The fraction of sp³-hybridized carbons (Fsp3) is 0.444. The molecule has 1 aromatic carbocycles. The Balaban J connectivity index is 1.94. The van der Waals surface area contributed by atoms with Gasteiger partial charge in [-0.25, -0.2) is 0 Å². The highest BCUT2D eigenvalue weighted by Gasteiger charge is 2.44. The molecule has 0 saturated carbocycles. The van der Waals surface area contributed by atoms with E-state index in [0.29, 0.717) is 32.5 Å². The number of likely N-dealkylation sites (tertiary alicyclic amines) is 1. The van der Waals surface area contributed by atoms with Crippen molar-refractivity contribution in [3.8, 4) is 11.1 Å². The van der Waals surface area contributed by atoms with Gasteiger partial charge in [-0.3, -0.25) is 14.6 Å². The van der Waals surface area contributed by atoms with Gasteiger partial charge in [-0.2, -0.15) is 0 Å². The van der Waals surface area contributed by atoms with Gasteiger partial charge in [-0.1, -0.05) is 57.2 Å². The van der Waals surface area contributed by atoms with Crippen molar-refractivity contribution in [3.63, 3.8) is 0 Å². The van der Waals surface area contributed by atoms with E-state index in [4.69, 9.17) is 0 Å². The normalized spacial score (nSPS) is 18.8. The average Bonchev–Trinajstić information content (AvgIpc) is 2.77. The Morgan fingerprint density at radius 2 is 2.00 bits per heavy atom. The Morgan fingerprint density at radius 3 is 2.69 bits per heavy atom. The highest BCUT2D eigenvalue weighted by Crippen LogP contribution is 2.38. The third-order valence-electron chi connectivity index (χ3n) is 6.02. The second-order valence-corrected chi connectivity index (χ2v) is 10.0. The summed E-state index contributed by atoms with van der Waals surface area (Å²) in [6.45, 7) is 11.5. The number of hydrogen-bond acceptors (Lipinski definition) is 3. The predicted molar refractivity (Wildman–Crippen MR) is 129 cm³/mol. The zero-order chi connectivity index (χ0) is 23.2. The number of hydrogen-bond donors (Lipinski definition) is 1. The van der Waals surface area contributed by atoms with Gasteiger partial charge in [-0.05, 0) is 41.9 Å². The topological polar surface area (TPSA) is 62.3 Å². The van der Waals surface area contributed by atoms with Gasteiger partial charge in [0.05, 0.1) is 5.41 Å². The molecule has 5 heteroatoms. The minimum absolute atomic E-state index is 0.00773. The summed E-state index contributed by atoms with van der Waals surface area (Å²) in [5.74, 6) is 0.116. The number of nitrogens with zero attached hydrogens (tertiary/aromatic N) is 2. The predicted octanol–water partition coefficient (Wildman–Crippen LogP) is 4.64. The Morgan fingerprint density at radius 1 is 1.22 bits per heavy atom. The van der Waals surface area contributed by atoms with Crippen molar-refractivity contribution in [3.05, 3.63) is 67.0 Å². The minimum atomic E-state index is -0.673. The molecule has 2 amide bonds. The SMILES string of the molecule is C=CCNC(=O)[C@]1(Cc2ccccc2-c2cccnc2)CCCN(C(=O)CC(C)(C)C)C1. The molecule has 1 saturated heterocycles. The maximum absolute atomic E-state index is 13.5. The van der Waals surface area contributed by atoms with Crippen molar-refractivity contribution in [2.75, 3.05) is 19.6 Å². The molecular weight excluding hydrogens is 398 g/mol. The number of amides is 2. The summed E-state index contributed by atoms with van der Waals surface area (Å²) in [4.78, 5) is 32.7. The maximum Gasteiger partial charge on any atom is 0.228 e. The summed E-state index contributed by atoms with van der Waals surface area (Å²) in [5, 5.41) is 3.02. The number of nitrogens with one attached hydrogen (secondary N) is 1. The van der Waals surface area contributed by atoms with Crippen LogP contribution in [0.1, 0.15) is 45.6 Å². The first-order chi connectivity index (χ1) is 15.2. The van der Waals surface area contributed by atoms with Gasteiger partial charge in [-0.15, -0.1) is 6.58 Å². The molecule has 1 N–H and O–H groups in total. The Labute approximate surface area is 191 Å². The number of rotatable bonds is 7. The molecule has 3 rings (SSSR count). The molecule has 0 unspecified atom stereocenters. The summed E-state index contributed by atoms with van der Waals surface area (Å²) in [7, 11) is 0. The smallest absolute Gasteiger partial charge is 0.228 e. The van der Waals surface area contributed by atoms with E-state index < -0.39 is 5.41 Å². The number of piperidine rings is 1. The largest absolute Gasteiger partial charge is 0.352 e. The van der Waals surface area contributed by atoms with E-state index in [2.05, 4.69) is 49.8 Å². The number of benzene rings is 1. The van der Waals surface area contributed by atoms with E-state index in [1.54, 1.807) is 12.3 Å². The Kier molecular flexibility index (Phi) is 7.49. The zero-order valence-electron chi connectivity index (χ0n) is 19.6. The van der Waals surface area contributed by atoms with Crippen LogP contribution in [-0.4, -0.2) is 41.3 Å².